The molecule has 1 heterocycles. The van der Waals surface area contributed by atoms with E-state index in [9.17, 15) is 0 Å². The lowest BCUT2D eigenvalue weighted by molar-refractivity contribution is 0.107. The van der Waals surface area contributed by atoms with E-state index in [4.69, 9.17) is 4.84 Å². The first kappa shape index (κ1) is 8.49. The summed E-state index contributed by atoms with van der Waals surface area (Å²) >= 11 is 0. The largest absolute Gasteiger partial charge is 0.395 e. The van der Waals surface area contributed by atoms with Gasteiger partial charge in [0, 0.05) is 39.4 Å². The van der Waals surface area contributed by atoms with Crippen LogP contribution < -0.4 is 5.32 Å². The summed E-state index contributed by atoms with van der Waals surface area (Å²) < 4.78 is 0. The minimum Gasteiger partial charge on any atom is -0.395 e. The molecule has 0 radical (unpaired) electrons. The van der Waals surface area contributed by atoms with Crippen molar-refractivity contribution in [2.24, 2.45) is 5.16 Å². The molecule has 64 valence electrons. The van der Waals surface area contributed by atoms with Gasteiger partial charge in [-0.3, -0.25) is 4.90 Å². The molecular weight excluding hydrogens is 142 g/mol. The summed E-state index contributed by atoms with van der Waals surface area (Å²) in [4.78, 5) is 7.14. The van der Waals surface area contributed by atoms with Crippen LogP contribution in [0.3, 0.4) is 0 Å². The Morgan fingerprint density at radius 2 is 2.18 bits per heavy atom. The maximum Gasteiger partial charge on any atom is 0.129 e. The lowest BCUT2D eigenvalue weighted by Crippen LogP contribution is -2.44. The Morgan fingerprint density at radius 1 is 1.45 bits per heavy atom. The van der Waals surface area contributed by atoms with Crippen molar-refractivity contribution in [2.45, 2.75) is 0 Å². The van der Waals surface area contributed by atoms with E-state index in [2.05, 4.69) is 22.1 Å². The molecule has 1 rings (SSSR count). The fraction of sp³-hybridized carbons (Fsp3) is 0.857. The third-order valence-electron chi connectivity index (χ3n) is 1.80. The Labute approximate surface area is 67.2 Å². The standard InChI is InChI=1S/C7H15N3O/c1-8-11-7-6-10-4-2-9-3-5-10/h9H,1-7H2. The normalized spacial score (nSPS) is 19.6. The number of hydrogen-bond acceptors (Lipinski definition) is 4. The highest BCUT2D eigenvalue weighted by Gasteiger charge is 2.07. The molecule has 1 fully saturated rings. The van der Waals surface area contributed by atoms with E-state index in [1.165, 1.54) is 0 Å². The molecule has 4 nitrogen and oxygen atoms in total. The van der Waals surface area contributed by atoms with Gasteiger partial charge in [-0.1, -0.05) is 0 Å². The lowest BCUT2D eigenvalue weighted by atomic mass is 10.4. The van der Waals surface area contributed by atoms with Crippen LogP contribution in [0.25, 0.3) is 0 Å². The van der Waals surface area contributed by atoms with E-state index in [1.54, 1.807) is 0 Å². The third kappa shape index (κ3) is 3.34. The van der Waals surface area contributed by atoms with E-state index < -0.39 is 0 Å². The molecule has 1 saturated heterocycles. The van der Waals surface area contributed by atoms with E-state index >= 15 is 0 Å². The van der Waals surface area contributed by atoms with Gasteiger partial charge in [-0.15, -0.1) is 5.16 Å². The fourth-order valence-electron chi connectivity index (χ4n) is 1.17. The van der Waals surface area contributed by atoms with Gasteiger partial charge in [0.05, 0.1) is 0 Å². The second-order valence-electron chi connectivity index (χ2n) is 2.55. The second-order valence-corrected chi connectivity index (χ2v) is 2.55. The van der Waals surface area contributed by atoms with E-state index in [0.717, 1.165) is 32.7 Å². The number of rotatable bonds is 4. The molecule has 1 aliphatic rings. The molecule has 1 aliphatic heterocycles. The van der Waals surface area contributed by atoms with Crippen molar-refractivity contribution >= 4 is 6.72 Å². The molecule has 0 atom stereocenters. The maximum atomic E-state index is 4.79. The summed E-state index contributed by atoms with van der Waals surface area (Å²) in [6.45, 7) is 9.25. The maximum absolute atomic E-state index is 4.79. The molecule has 0 unspecified atom stereocenters. The molecule has 0 saturated carbocycles. The first-order valence-electron chi connectivity index (χ1n) is 3.94. The van der Waals surface area contributed by atoms with Crippen LogP contribution in [0.2, 0.25) is 0 Å². The number of nitrogens with zero attached hydrogens (tertiary/aromatic N) is 2. The van der Waals surface area contributed by atoms with E-state index in [1.807, 2.05) is 0 Å². The average Bonchev–Trinajstić information content (AvgIpc) is 2.07. The van der Waals surface area contributed by atoms with Gasteiger partial charge in [0.25, 0.3) is 0 Å². The van der Waals surface area contributed by atoms with Crippen molar-refractivity contribution in [3.05, 3.63) is 0 Å². The monoisotopic (exact) mass is 157 g/mol. The Hall–Kier alpha value is -0.610. The molecule has 0 aromatic rings. The number of hydrogen-bond donors (Lipinski definition) is 1. The summed E-state index contributed by atoms with van der Waals surface area (Å²) in [5.74, 6) is 0. The van der Waals surface area contributed by atoms with Gasteiger partial charge in [-0.25, -0.2) is 0 Å². The van der Waals surface area contributed by atoms with Gasteiger partial charge in [0.15, 0.2) is 0 Å². The Kier molecular flexibility index (Phi) is 3.93. The topological polar surface area (TPSA) is 36.9 Å². The molecule has 0 bridgehead atoms. The van der Waals surface area contributed by atoms with Crippen LogP contribution in [0.1, 0.15) is 0 Å². The van der Waals surface area contributed by atoms with Crippen LogP contribution in [0.5, 0.6) is 0 Å². The highest BCUT2D eigenvalue weighted by Crippen LogP contribution is 1.91. The van der Waals surface area contributed by atoms with Crippen molar-refractivity contribution in [3.63, 3.8) is 0 Å². The molecule has 0 aliphatic carbocycles. The van der Waals surface area contributed by atoms with Crippen LogP contribution in [0.4, 0.5) is 0 Å². The Morgan fingerprint density at radius 3 is 2.82 bits per heavy atom. The highest BCUT2D eigenvalue weighted by molar-refractivity contribution is 5.21. The quantitative estimate of drug-likeness (QED) is 0.340. The summed E-state index contributed by atoms with van der Waals surface area (Å²) in [6, 6.07) is 0. The molecule has 11 heavy (non-hydrogen) atoms. The van der Waals surface area contributed by atoms with Crippen LogP contribution >= 0.6 is 0 Å². The SMILES string of the molecule is C=NOCCN1CCNCC1. The van der Waals surface area contributed by atoms with Crippen LogP contribution in [0.15, 0.2) is 5.16 Å². The molecular formula is C7H15N3O. The van der Waals surface area contributed by atoms with Crippen molar-refractivity contribution in [1.29, 1.82) is 0 Å². The van der Waals surface area contributed by atoms with Gasteiger partial charge in [0.1, 0.15) is 6.61 Å². The zero-order chi connectivity index (χ0) is 7.94. The van der Waals surface area contributed by atoms with Crippen molar-refractivity contribution in [3.8, 4) is 0 Å². The van der Waals surface area contributed by atoms with E-state index in [0.29, 0.717) is 6.61 Å². The smallest absolute Gasteiger partial charge is 0.129 e. The third-order valence-corrected chi connectivity index (χ3v) is 1.80. The zero-order valence-corrected chi connectivity index (χ0v) is 6.75. The lowest BCUT2D eigenvalue weighted by Gasteiger charge is -2.26. The first-order valence-corrected chi connectivity index (χ1v) is 3.94. The minimum absolute atomic E-state index is 0.656. The van der Waals surface area contributed by atoms with Crippen molar-refractivity contribution in [2.75, 3.05) is 39.3 Å². The van der Waals surface area contributed by atoms with Crippen molar-refractivity contribution in [1.82, 2.24) is 10.2 Å². The summed E-state index contributed by atoms with van der Waals surface area (Å²) in [5.41, 5.74) is 0. The van der Waals surface area contributed by atoms with Gasteiger partial charge in [-0.2, -0.15) is 0 Å². The van der Waals surface area contributed by atoms with Gasteiger partial charge < -0.3 is 10.2 Å². The van der Waals surface area contributed by atoms with Gasteiger partial charge in [0.2, 0.25) is 0 Å². The predicted molar refractivity (Wildman–Crippen MR) is 44.8 cm³/mol. The number of nitrogens with one attached hydrogen (secondary N) is 1. The first-order chi connectivity index (χ1) is 5.43. The molecule has 4 heteroatoms. The fourth-order valence-corrected chi connectivity index (χ4v) is 1.17. The van der Waals surface area contributed by atoms with Gasteiger partial charge in [-0.05, 0) is 0 Å². The van der Waals surface area contributed by atoms with Crippen LogP contribution in [-0.2, 0) is 4.84 Å². The molecule has 0 aromatic carbocycles. The van der Waals surface area contributed by atoms with Gasteiger partial charge >= 0.3 is 0 Å². The number of piperazine rings is 1. The minimum atomic E-state index is 0.656. The van der Waals surface area contributed by atoms with Crippen LogP contribution in [-0.4, -0.2) is 50.9 Å². The average molecular weight is 157 g/mol. The summed E-state index contributed by atoms with van der Waals surface area (Å²) in [6.07, 6.45) is 0. The van der Waals surface area contributed by atoms with Crippen LogP contribution in [0, 0.1) is 0 Å². The molecule has 0 aromatic heterocycles. The number of oxime groups is 1. The highest BCUT2D eigenvalue weighted by atomic mass is 16.6. The summed E-state index contributed by atoms with van der Waals surface area (Å²) in [7, 11) is 0. The summed E-state index contributed by atoms with van der Waals surface area (Å²) in [5, 5.41) is 6.61. The molecule has 0 amide bonds. The Balaban J connectivity index is 2.00. The second kappa shape index (κ2) is 5.09. The predicted octanol–water partition coefficient (Wildman–Crippen LogP) is -0.476. The van der Waals surface area contributed by atoms with Crippen molar-refractivity contribution < 1.29 is 4.84 Å². The molecule has 1 N–H and O–H groups in total. The Bertz CT molecular complexity index is 112. The molecule has 0 spiro atoms. The zero-order valence-electron chi connectivity index (χ0n) is 6.75. The van der Waals surface area contributed by atoms with E-state index in [-0.39, 0.29) is 0 Å².